The molecule has 2 aromatic carbocycles. The molecule has 4 rings (SSSR count). The van der Waals surface area contributed by atoms with Gasteiger partial charge in [0.1, 0.15) is 18.3 Å². The fourth-order valence-electron chi connectivity index (χ4n) is 3.30. The molecule has 9 nitrogen and oxygen atoms in total. The van der Waals surface area contributed by atoms with Crippen LogP contribution in [0.5, 0.6) is 0 Å². The van der Waals surface area contributed by atoms with Crippen LogP contribution in [-0.4, -0.2) is 67.3 Å². The van der Waals surface area contributed by atoms with E-state index in [9.17, 15) is 25.2 Å². The summed E-state index contributed by atoms with van der Waals surface area (Å²) in [4.78, 5) is 17.6. The van der Waals surface area contributed by atoms with Crippen molar-refractivity contribution in [2.45, 2.75) is 24.1 Å². The van der Waals surface area contributed by atoms with Crippen molar-refractivity contribution in [3.05, 3.63) is 65.0 Å². The van der Waals surface area contributed by atoms with Crippen molar-refractivity contribution in [1.29, 1.82) is 0 Å². The Kier molecular flexibility index (Phi) is 5.07. The molecule has 1 fully saturated rings. The number of fused-ring (bicyclic) bond motifs is 1. The van der Waals surface area contributed by atoms with Gasteiger partial charge in [-0.2, -0.15) is 0 Å². The summed E-state index contributed by atoms with van der Waals surface area (Å²) in [6.45, 7) is -0.801. The standard InChI is InChI=1S/C20H21N3O6/c24-15-10-29-20(28,17(26)16(15)25)11-21-23-18(12-6-2-1-3-7-12)22-14-9-5-4-8-13(14)19(23)27/h1-9,15-17,21,24-26,28H,10-11H2/t15-,16-,17+,20-/m1/s1. The summed E-state index contributed by atoms with van der Waals surface area (Å²) in [5.41, 5.74) is 3.54. The van der Waals surface area contributed by atoms with Crippen LogP contribution in [0.25, 0.3) is 22.3 Å². The number of benzene rings is 2. The Morgan fingerprint density at radius 1 is 1.10 bits per heavy atom. The Morgan fingerprint density at radius 2 is 1.79 bits per heavy atom. The smallest absolute Gasteiger partial charge is 0.280 e. The highest BCUT2D eigenvalue weighted by atomic mass is 16.6. The van der Waals surface area contributed by atoms with Crippen LogP contribution in [0, 0.1) is 0 Å². The van der Waals surface area contributed by atoms with E-state index in [1.54, 1.807) is 48.5 Å². The molecule has 0 amide bonds. The van der Waals surface area contributed by atoms with Gasteiger partial charge in [-0.15, -0.1) is 0 Å². The number of hydrogen-bond donors (Lipinski definition) is 5. The predicted molar refractivity (Wildman–Crippen MR) is 105 cm³/mol. The second-order valence-electron chi connectivity index (χ2n) is 6.95. The van der Waals surface area contributed by atoms with E-state index in [1.807, 2.05) is 6.07 Å². The van der Waals surface area contributed by atoms with Crippen molar-refractivity contribution in [3.8, 4) is 11.4 Å². The molecule has 0 saturated carbocycles. The van der Waals surface area contributed by atoms with Crippen LogP contribution in [0.2, 0.25) is 0 Å². The van der Waals surface area contributed by atoms with E-state index in [4.69, 9.17) is 4.74 Å². The summed E-state index contributed by atoms with van der Waals surface area (Å²) < 4.78 is 6.32. The lowest BCUT2D eigenvalue weighted by atomic mass is 9.97. The van der Waals surface area contributed by atoms with E-state index in [-0.39, 0.29) is 6.61 Å². The van der Waals surface area contributed by atoms with Gasteiger partial charge in [-0.3, -0.25) is 4.79 Å². The molecule has 3 aromatic rings. The number of aliphatic hydroxyl groups excluding tert-OH is 3. The van der Waals surface area contributed by atoms with Gasteiger partial charge >= 0.3 is 0 Å². The molecule has 0 radical (unpaired) electrons. The highest BCUT2D eigenvalue weighted by Gasteiger charge is 2.48. The maximum Gasteiger partial charge on any atom is 0.280 e. The molecule has 1 saturated heterocycles. The molecule has 1 aliphatic heterocycles. The number of para-hydroxylation sites is 1. The van der Waals surface area contributed by atoms with Gasteiger partial charge < -0.3 is 30.6 Å². The molecule has 1 aromatic heterocycles. The quantitative estimate of drug-likeness (QED) is 0.393. The zero-order valence-electron chi connectivity index (χ0n) is 15.3. The highest BCUT2D eigenvalue weighted by Crippen LogP contribution is 2.24. The summed E-state index contributed by atoms with van der Waals surface area (Å²) in [7, 11) is 0. The number of rotatable bonds is 4. The van der Waals surface area contributed by atoms with Gasteiger partial charge in [0.05, 0.1) is 24.1 Å². The van der Waals surface area contributed by atoms with E-state index in [0.29, 0.717) is 22.3 Å². The molecule has 29 heavy (non-hydrogen) atoms. The van der Waals surface area contributed by atoms with Gasteiger partial charge in [0.15, 0.2) is 5.82 Å². The molecule has 152 valence electrons. The number of hydrogen-bond acceptors (Lipinski definition) is 8. The van der Waals surface area contributed by atoms with Crippen LogP contribution in [-0.2, 0) is 4.74 Å². The Bertz CT molecular complexity index is 1070. The monoisotopic (exact) mass is 399 g/mol. The normalized spacial score (nSPS) is 27.1. The van der Waals surface area contributed by atoms with Crippen LogP contribution in [0.4, 0.5) is 0 Å². The third-order valence-corrected chi connectivity index (χ3v) is 4.98. The first kappa shape index (κ1) is 19.5. The number of ether oxygens (including phenoxy) is 1. The predicted octanol–water partition coefficient (Wildman–Crippen LogP) is -0.592. The maximum atomic E-state index is 13.1. The molecule has 0 spiro atoms. The number of aromatic nitrogens is 2. The zero-order chi connectivity index (χ0) is 20.6. The van der Waals surface area contributed by atoms with Crippen molar-refractivity contribution >= 4 is 10.9 Å². The summed E-state index contributed by atoms with van der Waals surface area (Å²) in [6.07, 6.45) is -4.69. The second kappa shape index (κ2) is 7.54. The maximum absolute atomic E-state index is 13.1. The molecular weight excluding hydrogens is 378 g/mol. The summed E-state index contributed by atoms with van der Waals surface area (Å²) in [6, 6.07) is 15.9. The minimum Gasteiger partial charge on any atom is -0.388 e. The molecule has 9 heteroatoms. The SMILES string of the molecule is O=c1c2ccccc2nc(-c2ccccc2)n1NC[C@@]1(O)OC[C@@H](O)[C@@H](O)[C@@H]1O. The van der Waals surface area contributed by atoms with E-state index in [0.717, 1.165) is 0 Å². The van der Waals surface area contributed by atoms with Crippen LogP contribution < -0.4 is 11.0 Å². The van der Waals surface area contributed by atoms with Crippen LogP contribution in [0.1, 0.15) is 0 Å². The van der Waals surface area contributed by atoms with Gasteiger partial charge in [0.25, 0.3) is 5.56 Å². The fraction of sp³-hybridized carbons (Fsp3) is 0.300. The lowest BCUT2D eigenvalue weighted by Crippen LogP contribution is -2.64. The van der Waals surface area contributed by atoms with Crippen LogP contribution in [0.3, 0.4) is 0 Å². The number of nitrogens with zero attached hydrogens (tertiary/aromatic N) is 2. The highest BCUT2D eigenvalue weighted by molar-refractivity contribution is 5.79. The van der Waals surface area contributed by atoms with Gasteiger partial charge in [0.2, 0.25) is 5.79 Å². The van der Waals surface area contributed by atoms with Gasteiger partial charge in [0, 0.05) is 5.56 Å². The molecule has 1 aliphatic rings. The lowest BCUT2D eigenvalue weighted by Gasteiger charge is -2.41. The van der Waals surface area contributed by atoms with Crippen molar-refractivity contribution in [1.82, 2.24) is 9.66 Å². The van der Waals surface area contributed by atoms with E-state index in [2.05, 4.69) is 10.4 Å². The average molecular weight is 399 g/mol. The number of aliphatic hydroxyl groups is 4. The van der Waals surface area contributed by atoms with Crippen molar-refractivity contribution in [2.24, 2.45) is 0 Å². The first-order valence-corrected chi connectivity index (χ1v) is 9.12. The Balaban J connectivity index is 1.75. The Hall–Kier alpha value is -2.82. The summed E-state index contributed by atoms with van der Waals surface area (Å²) >= 11 is 0. The van der Waals surface area contributed by atoms with Crippen molar-refractivity contribution in [3.63, 3.8) is 0 Å². The molecule has 4 atom stereocenters. The average Bonchev–Trinajstić information content (AvgIpc) is 2.75. The fourth-order valence-corrected chi connectivity index (χ4v) is 3.30. The molecule has 0 unspecified atom stereocenters. The largest absolute Gasteiger partial charge is 0.388 e. The first-order chi connectivity index (χ1) is 13.9. The van der Waals surface area contributed by atoms with Gasteiger partial charge in [-0.05, 0) is 12.1 Å². The topological polar surface area (TPSA) is 137 Å². The van der Waals surface area contributed by atoms with Crippen molar-refractivity contribution < 1.29 is 25.2 Å². The van der Waals surface area contributed by atoms with Crippen LogP contribution in [0.15, 0.2) is 59.4 Å². The van der Waals surface area contributed by atoms with Gasteiger partial charge in [-0.25, -0.2) is 9.66 Å². The minimum atomic E-state index is -2.21. The molecule has 5 N–H and O–H groups in total. The van der Waals surface area contributed by atoms with E-state index in [1.165, 1.54) is 4.68 Å². The molecule has 0 bridgehead atoms. The molecule has 2 heterocycles. The van der Waals surface area contributed by atoms with Gasteiger partial charge in [-0.1, -0.05) is 42.5 Å². The lowest BCUT2D eigenvalue weighted by molar-refractivity contribution is -0.314. The van der Waals surface area contributed by atoms with Crippen molar-refractivity contribution in [2.75, 3.05) is 18.6 Å². The van der Waals surface area contributed by atoms with E-state index < -0.39 is 36.2 Å². The second-order valence-corrected chi connectivity index (χ2v) is 6.95. The summed E-state index contributed by atoms with van der Waals surface area (Å²) in [5.74, 6) is -1.90. The molecular formula is C20H21N3O6. The number of nitrogens with one attached hydrogen (secondary N) is 1. The molecule has 0 aliphatic carbocycles. The minimum absolute atomic E-state index is 0.309. The summed E-state index contributed by atoms with van der Waals surface area (Å²) in [5, 5.41) is 40.6. The third-order valence-electron chi connectivity index (χ3n) is 4.98. The Labute approximate surface area is 165 Å². The van der Waals surface area contributed by atoms with Crippen LogP contribution >= 0.6 is 0 Å². The third kappa shape index (κ3) is 3.50. The zero-order valence-corrected chi connectivity index (χ0v) is 15.3. The van der Waals surface area contributed by atoms with E-state index >= 15 is 0 Å². The first-order valence-electron chi connectivity index (χ1n) is 9.12. The Morgan fingerprint density at radius 3 is 2.55 bits per heavy atom.